The van der Waals surface area contributed by atoms with E-state index >= 15 is 0 Å². The molecule has 62 heavy (non-hydrogen) atoms. The zero-order chi connectivity index (χ0) is 43.2. The Kier molecular flexibility index (Phi) is 10.5. The van der Waals surface area contributed by atoms with Crippen LogP contribution in [-0.4, -0.2) is 60.9 Å². The monoisotopic (exact) mass is 838 g/mol. The number of hydrogen-bond acceptors (Lipinski definition) is 12. The summed E-state index contributed by atoms with van der Waals surface area (Å²) in [6, 6.07) is 26.7. The molecule has 2 fully saturated rings. The van der Waals surface area contributed by atoms with E-state index in [1.807, 2.05) is 71.7 Å². The van der Waals surface area contributed by atoms with Crippen molar-refractivity contribution in [2.75, 3.05) is 11.5 Å². The van der Waals surface area contributed by atoms with Gasteiger partial charge in [-0.2, -0.15) is 10.2 Å². The Morgan fingerprint density at radius 1 is 0.548 bits per heavy atom. The van der Waals surface area contributed by atoms with E-state index in [0.717, 1.165) is 24.0 Å². The summed E-state index contributed by atoms with van der Waals surface area (Å²) in [4.78, 5) is 17.2. The lowest BCUT2D eigenvalue weighted by Crippen LogP contribution is -2.20. The van der Waals surface area contributed by atoms with E-state index in [9.17, 15) is 19.0 Å². The van der Waals surface area contributed by atoms with Gasteiger partial charge in [-0.05, 0) is 149 Å². The van der Waals surface area contributed by atoms with Gasteiger partial charge in [-0.3, -0.25) is 0 Å². The van der Waals surface area contributed by atoms with Crippen LogP contribution in [0.2, 0.25) is 0 Å². The Labute approximate surface area is 354 Å². The Hall–Kier alpha value is -7.04. The van der Waals surface area contributed by atoms with Crippen LogP contribution >= 0.6 is 0 Å². The summed E-state index contributed by atoms with van der Waals surface area (Å²) in [5.41, 5.74) is 15.4. The van der Waals surface area contributed by atoms with Crippen molar-refractivity contribution in [1.82, 2.24) is 39.5 Å². The quantitative estimate of drug-likeness (QED) is 0.113. The van der Waals surface area contributed by atoms with Gasteiger partial charge >= 0.3 is 0 Å². The lowest BCUT2D eigenvalue weighted by atomic mass is 10.1. The highest BCUT2D eigenvalue weighted by molar-refractivity contribution is 5.99. The second kappa shape index (κ2) is 16.1. The van der Waals surface area contributed by atoms with Crippen LogP contribution in [0, 0.1) is 11.6 Å². The fraction of sp³-hybridized carbons (Fsp3) is 0.261. The fourth-order valence-electron chi connectivity index (χ4n) is 8.34. The molecular weight excluding hydrogens is 795 g/mol. The largest absolute Gasteiger partial charge is 0.457 e. The molecule has 316 valence electrons. The standard InChI is InChI=1S/2C23H22FN5O2/c2*1-23(30)11-10-16(12-23)29-22-19(21(25)26-13-27-22)20(28-29)14-2-6-17(7-3-14)31-18-8-4-15(24)5-9-18/h2*2-9,13,16,30H,10-12H2,1H3,(H2,25,26,27). The highest BCUT2D eigenvalue weighted by atomic mass is 19.1. The van der Waals surface area contributed by atoms with Crippen LogP contribution in [0.1, 0.15) is 64.5 Å². The maximum Gasteiger partial charge on any atom is 0.164 e. The first kappa shape index (κ1) is 40.4. The van der Waals surface area contributed by atoms with E-state index in [0.29, 0.717) is 93.8 Å². The molecule has 10 rings (SSSR count). The molecule has 0 radical (unpaired) electrons. The maximum absolute atomic E-state index is 13.1. The minimum absolute atomic E-state index is 0.0432. The number of rotatable bonds is 8. The summed E-state index contributed by atoms with van der Waals surface area (Å²) in [7, 11) is 0. The van der Waals surface area contributed by atoms with E-state index in [2.05, 4.69) is 19.9 Å². The van der Waals surface area contributed by atoms with E-state index in [-0.39, 0.29) is 23.7 Å². The summed E-state index contributed by atoms with van der Waals surface area (Å²) < 4.78 is 41.5. The van der Waals surface area contributed by atoms with Gasteiger partial charge in [0.25, 0.3) is 0 Å². The van der Waals surface area contributed by atoms with Crippen molar-refractivity contribution in [1.29, 1.82) is 0 Å². The molecule has 0 bridgehead atoms. The molecule has 4 aromatic heterocycles. The van der Waals surface area contributed by atoms with E-state index in [4.69, 9.17) is 31.1 Å². The van der Waals surface area contributed by atoms with Gasteiger partial charge in [0.2, 0.25) is 0 Å². The van der Waals surface area contributed by atoms with Gasteiger partial charge in [-0.1, -0.05) is 0 Å². The predicted molar refractivity (Wildman–Crippen MR) is 230 cm³/mol. The summed E-state index contributed by atoms with van der Waals surface area (Å²) in [6.45, 7) is 3.70. The van der Waals surface area contributed by atoms with Crippen molar-refractivity contribution in [3.63, 3.8) is 0 Å². The molecular formula is C46H44F2N10O4. The topological polar surface area (TPSA) is 198 Å². The first-order chi connectivity index (χ1) is 29.8. The van der Waals surface area contributed by atoms with Crippen LogP contribution in [0.5, 0.6) is 23.0 Å². The Bertz CT molecular complexity index is 2670. The summed E-state index contributed by atoms with van der Waals surface area (Å²) in [5, 5.41) is 31.9. The lowest BCUT2D eigenvalue weighted by molar-refractivity contribution is 0.0631. The van der Waals surface area contributed by atoms with Crippen LogP contribution in [0.3, 0.4) is 0 Å². The van der Waals surface area contributed by atoms with Gasteiger partial charge in [0, 0.05) is 11.1 Å². The Morgan fingerprint density at radius 3 is 1.21 bits per heavy atom. The first-order valence-corrected chi connectivity index (χ1v) is 20.3. The predicted octanol–water partition coefficient (Wildman–Crippen LogP) is 8.97. The fourth-order valence-corrected chi connectivity index (χ4v) is 8.34. The zero-order valence-corrected chi connectivity index (χ0v) is 34.0. The number of aliphatic hydroxyl groups is 2. The van der Waals surface area contributed by atoms with Gasteiger partial charge in [0.15, 0.2) is 11.3 Å². The molecule has 8 aromatic rings. The van der Waals surface area contributed by atoms with Crippen LogP contribution in [0.4, 0.5) is 20.4 Å². The number of nitrogen functional groups attached to an aromatic ring is 2. The number of anilines is 2. The smallest absolute Gasteiger partial charge is 0.164 e. The molecule has 6 N–H and O–H groups in total. The van der Waals surface area contributed by atoms with Crippen molar-refractivity contribution < 1.29 is 28.5 Å². The molecule has 0 saturated heterocycles. The minimum atomic E-state index is -0.707. The molecule has 2 aliphatic carbocycles. The molecule has 0 amide bonds. The third-order valence-electron chi connectivity index (χ3n) is 11.5. The molecule has 14 nitrogen and oxygen atoms in total. The van der Waals surface area contributed by atoms with Gasteiger partial charge < -0.3 is 31.2 Å². The molecule has 4 aromatic carbocycles. The number of hydrogen-bond donors (Lipinski definition) is 4. The molecule has 0 aliphatic heterocycles. The van der Waals surface area contributed by atoms with Gasteiger partial charge in [0.1, 0.15) is 70.3 Å². The number of aromatic nitrogens is 8. The van der Waals surface area contributed by atoms with Crippen molar-refractivity contribution >= 4 is 33.7 Å². The minimum Gasteiger partial charge on any atom is -0.457 e. The highest BCUT2D eigenvalue weighted by Gasteiger charge is 2.37. The molecule has 2 aliphatic rings. The summed E-state index contributed by atoms with van der Waals surface area (Å²) in [5.74, 6) is 2.45. The molecule has 4 heterocycles. The molecule has 16 heteroatoms. The molecule has 0 spiro atoms. The van der Waals surface area contributed by atoms with Gasteiger partial charge in [0.05, 0.1) is 34.1 Å². The molecule has 4 unspecified atom stereocenters. The van der Waals surface area contributed by atoms with Gasteiger partial charge in [-0.15, -0.1) is 0 Å². The van der Waals surface area contributed by atoms with Crippen molar-refractivity contribution in [2.45, 2.75) is 75.7 Å². The van der Waals surface area contributed by atoms with E-state index < -0.39 is 11.2 Å². The van der Waals surface area contributed by atoms with Crippen LogP contribution < -0.4 is 20.9 Å². The lowest BCUT2D eigenvalue weighted by Gasteiger charge is -2.16. The average Bonchev–Trinajstić information content (AvgIpc) is 4.03. The average molecular weight is 839 g/mol. The number of benzene rings is 4. The Balaban J connectivity index is 0.000000158. The summed E-state index contributed by atoms with van der Waals surface area (Å²) in [6.07, 6.45) is 7.15. The maximum atomic E-state index is 13.1. The van der Waals surface area contributed by atoms with Crippen molar-refractivity contribution in [2.24, 2.45) is 0 Å². The number of nitrogens with zero attached hydrogens (tertiary/aromatic N) is 8. The van der Waals surface area contributed by atoms with Gasteiger partial charge in [-0.25, -0.2) is 38.1 Å². The summed E-state index contributed by atoms with van der Waals surface area (Å²) >= 11 is 0. The Morgan fingerprint density at radius 2 is 0.887 bits per heavy atom. The first-order valence-electron chi connectivity index (χ1n) is 20.3. The third-order valence-corrected chi connectivity index (χ3v) is 11.5. The van der Waals surface area contributed by atoms with Crippen molar-refractivity contribution in [3.05, 3.63) is 121 Å². The second-order valence-corrected chi connectivity index (χ2v) is 16.4. The normalized spacial score (nSPS) is 20.9. The van der Waals surface area contributed by atoms with Crippen molar-refractivity contribution in [3.8, 4) is 45.5 Å². The van der Waals surface area contributed by atoms with E-state index in [1.54, 1.807) is 24.3 Å². The highest BCUT2D eigenvalue weighted by Crippen LogP contribution is 2.42. The third kappa shape index (κ3) is 8.34. The van der Waals surface area contributed by atoms with Crippen LogP contribution in [0.15, 0.2) is 110 Å². The van der Waals surface area contributed by atoms with Crippen LogP contribution in [0.25, 0.3) is 44.6 Å². The SMILES string of the molecule is CC1(O)CCC(n2nc(-c3ccc(Oc4ccc(F)cc4)cc3)c3c(N)ncnc32)C1.CC1(O)CCC(n2nc(-c3ccc(Oc4ccc(F)cc4)cc3)c3c(N)ncnc32)C1. The van der Waals surface area contributed by atoms with Crippen LogP contribution in [-0.2, 0) is 0 Å². The number of ether oxygens (including phenoxy) is 2. The molecule has 2 saturated carbocycles. The second-order valence-electron chi connectivity index (χ2n) is 16.4. The molecule has 4 atom stereocenters. The van der Waals surface area contributed by atoms with E-state index in [1.165, 1.54) is 36.9 Å². The number of nitrogens with two attached hydrogens (primary N) is 2. The zero-order valence-electron chi connectivity index (χ0n) is 34.0. The number of fused-ring (bicyclic) bond motifs is 2. The number of halogens is 2.